The Morgan fingerprint density at radius 2 is 1.95 bits per heavy atom. The summed E-state index contributed by atoms with van der Waals surface area (Å²) in [5.41, 5.74) is 1.34. The van der Waals surface area contributed by atoms with Crippen molar-refractivity contribution in [2.45, 2.75) is 31.1 Å². The average molecular weight is 302 g/mol. The Morgan fingerprint density at radius 1 is 1.24 bits per heavy atom. The summed E-state index contributed by atoms with van der Waals surface area (Å²) in [7, 11) is 0. The van der Waals surface area contributed by atoms with Gasteiger partial charge in [-0.3, -0.25) is 4.79 Å². The highest BCUT2D eigenvalue weighted by Crippen LogP contribution is 2.24. The van der Waals surface area contributed by atoms with E-state index in [0.29, 0.717) is 17.8 Å². The van der Waals surface area contributed by atoms with Crippen LogP contribution in [0.2, 0.25) is 0 Å². The fraction of sp³-hybridized carbons (Fsp3) is 0.400. The molecule has 1 aromatic heterocycles. The fourth-order valence-corrected chi connectivity index (χ4v) is 3.02. The van der Waals surface area contributed by atoms with Crippen LogP contribution in [-0.2, 0) is 0 Å². The highest BCUT2D eigenvalue weighted by molar-refractivity contribution is 7.81. The van der Waals surface area contributed by atoms with Crippen LogP contribution in [0.5, 0.6) is 0 Å². The van der Waals surface area contributed by atoms with Gasteiger partial charge < -0.3 is 4.90 Å². The summed E-state index contributed by atoms with van der Waals surface area (Å²) in [4.78, 5) is 16.3. The second kappa shape index (κ2) is 5.89. The van der Waals surface area contributed by atoms with E-state index in [-0.39, 0.29) is 17.2 Å². The first-order chi connectivity index (χ1) is 10.2. The Kier molecular flexibility index (Phi) is 3.96. The van der Waals surface area contributed by atoms with Gasteiger partial charge in [0.25, 0.3) is 5.91 Å². The van der Waals surface area contributed by atoms with Gasteiger partial charge in [-0.2, -0.15) is 27.6 Å². The maximum absolute atomic E-state index is 12.9. The lowest BCUT2D eigenvalue weighted by Gasteiger charge is -2.36. The molecule has 2 atom stereocenters. The zero-order valence-electron chi connectivity index (χ0n) is 11.9. The van der Waals surface area contributed by atoms with Gasteiger partial charge in [0.15, 0.2) is 0 Å². The summed E-state index contributed by atoms with van der Waals surface area (Å²) in [6, 6.07) is 7.68. The molecule has 0 saturated carbocycles. The number of thiol groups is 1. The van der Waals surface area contributed by atoms with Crippen molar-refractivity contribution in [3.63, 3.8) is 0 Å². The number of piperidine rings is 1. The topological polar surface area (TPSA) is 51.0 Å². The van der Waals surface area contributed by atoms with Gasteiger partial charge in [0.2, 0.25) is 0 Å². The predicted molar refractivity (Wildman–Crippen MR) is 83.9 cm³/mol. The number of hydrogen-bond donors (Lipinski definition) is 1. The molecule has 0 bridgehead atoms. The third kappa shape index (κ3) is 2.81. The Balaban J connectivity index is 1.95. The molecule has 1 fully saturated rings. The first-order valence-corrected chi connectivity index (χ1v) is 7.63. The molecule has 1 amide bonds. The van der Waals surface area contributed by atoms with E-state index in [9.17, 15) is 4.79 Å². The summed E-state index contributed by atoms with van der Waals surface area (Å²) < 4.78 is 0. The van der Waals surface area contributed by atoms with Crippen LogP contribution in [0.3, 0.4) is 0 Å². The summed E-state index contributed by atoms with van der Waals surface area (Å²) in [5, 5.41) is 8.51. The third-order valence-electron chi connectivity index (χ3n) is 3.89. The summed E-state index contributed by atoms with van der Waals surface area (Å²) in [5.74, 6) is 0.0224. The number of hydrogen-bond acceptors (Lipinski definition) is 4. The van der Waals surface area contributed by atoms with Crippen molar-refractivity contribution in [1.82, 2.24) is 19.9 Å². The van der Waals surface area contributed by atoms with Crippen molar-refractivity contribution < 1.29 is 4.79 Å². The second-order valence-corrected chi connectivity index (χ2v) is 6.10. The lowest BCUT2D eigenvalue weighted by molar-refractivity contribution is 0.0642. The molecular weight excluding hydrogens is 284 g/mol. The summed E-state index contributed by atoms with van der Waals surface area (Å²) in [6.45, 7) is 2.77. The van der Waals surface area contributed by atoms with E-state index >= 15 is 0 Å². The maximum atomic E-state index is 12.9. The highest BCUT2D eigenvalue weighted by Gasteiger charge is 2.29. The van der Waals surface area contributed by atoms with Crippen LogP contribution in [0.15, 0.2) is 36.7 Å². The number of amides is 1. The number of benzene rings is 1. The number of nitrogens with zero attached hydrogens (tertiary/aromatic N) is 4. The lowest BCUT2D eigenvalue weighted by Crippen LogP contribution is -2.46. The van der Waals surface area contributed by atoms with E-state index < -0.39 is 0 Å². The minimum atomic E-state index is 0.0224. The average Bonchev–Trinajstić information content (AvgIpc) is 3.03. The van der Waals surface area contributed by atoms with Crippen LogP contribution >= 0.6 is 12.6 Å². The molecule has 0 spiro atoms. The molecule has 0 aliphatic carbocycles. The van der Waals surface area contributed by atoms with E-state index in [1.807, 2.05) is 29.2 Å². The Bertz CT molecular complexity index is 628. The lowest BCUT2D eigenvalue weighted by atomic mass is 10.0. The molecule has 1 aliphatic heterocycles. The number of carbonyl (C=O) groups is 1. The molecule has 0 unspecified atom stereocenters. The van der Waals surface area contributed by atoms with Gasteiger partial charge in [-0.15, -0.1) is 0 Å². The van der Waals surface area contributed by atoms with Gasteiger partial charge in [-0.25, -0.2) is 0 Å². The zero-order chi connectivity index (χ0) is 14.8. The molecule has 3 rings (SSSR count). The van der Waals surface area contributed by atoms with Gasteiger partial charge in [-0.1, -0.05) is 12.1 Å². The van der Waals surface area contributed by atoms with Crippen LogP contribution in [-0.4, -0.2) is 43.6 Å². The molecule has 2 heterocycles. The van der Waals surface area contributed by atoms with E-state index in [2.05, 4.69) is 29.7 Å². The van der Waals surface area contributed by atoms with Crippen LogP contribution in [0.25, 0.3) is 5.69 Å². The second-order valence-electron chi connectivity index (χ2n) is 5.37. The van der Waals surface area contributed by atoms with Gasteiger partial charge in [0.1, 0.15) is 0 Å². The predicted octanol–water partition coefficient (Wildman–Crippen LogP) is 2.19. The molecule has 1 saturated heterocycles. The summed E-state index contributed by atoms with van der Waals surface area (Å²) in [6.07, 6.45) is 5.25. The quantitative estimate of drug-likeness (QED) is 0.865. The van der Waals surface area contributed by atoms with Crippen LogP contribution in [0.4, 0.5) is 0 Å². The van der Waals surface area contributed by atoms with E-state index in [1.54, 1.807) is 12.4 Å². The standard InChI is InChI=1S/C15H18N4OS/c1-11-6-7-12(21)10-18(11)15(20)13-4-2-3-5-14(13)19-16-8-9-17-19/h2-5,8-9,11-12,21H,6-7,10H2,1H3/t11-,12-/m1/s1. The number of para-hydroxylation sites is 1. The zero-order valence-corrected chi connectivity index (χ0v) is 12.8. The minimum Gasteiger partial charge on any atom is -0.335 e. The van der Waals surface area contributed by atoms with E-state index in [1.165, 1.54) is 4.80 Å². The summed E-state index contributed by atoms with van der Waals surface area (Å²) >= 11 is 4.53. The molecule has 0 radical (unpaired) electrons. The van der Waals surface area contributed by atoms with Gasteiger partial charge in [0.05, 0.1) is 23.6 Å². The number of carbonyl (C=O) groups excluding carboxylic acids is 1. The molecule has 1 aromatic carbocycles. The molecule has 6 heteroatoms. The Labute approximate surface area is 129 Å². The normalized spacial score (nSPS) is 22.3. The first-order valence-electron chi connectivity index (χ1n) is 7.11. The number of aromatic nitrogens is 3. The number of likely N-dealkylation sites (tertiary alicyclic amines) is 1. The molecule has 0 N–H and O–H groups in total. The molecule has 5 nitrogen and oxygen atoms in total. The third-order valence-corrected chi connectivity index (χ3v) is 4.31. The Hall–Kier alpha value is -1.82. The number of rotatable bonds is 2. The molecular formula is C15H18N4OS. The van der Waals surface area contributed by atoms with Gasteiger partial charge in [-0.05, 0) is 31.9 Å². The first kappa shape index (κ1) is 14.1. The molecule has 110 valence electrons. The van der Waals surface area contributed by atoms with Crippen molar-refractivity contribution >= 4 is 18.5 Å². The maximum Gasteiger partial charge on any atom is 0.256 e. The molecule has 2 aromatic rings. The van der Waals surface area contributed by atoms with Crippen molar-refractivity contribution in [2.75, 3.05) is 6.54 Å². The fourth-order valence-electron chi connectivity index (χ4n) is 2.69. The van der Waals surface area contributed by atoms with E-state index in [0.717, 1.165) is 12.8 Å². The van der Waals surface area contributed by atoms with Crippen LogP contribution in [0.1, 0.15) is 30.1 Å². The van der Waals surface area contributed by atoms with Crippen molar-refractivity contribution in [3.05, 3.63) is 42.2 Å². The van der Waals surface area contributed by atoms with Gasteiger partial charge >= 0.3 is 0 Å². The van der Waals surface area contributed by atoms with Crippen molar-refractivity contribution in [1.29, 1.82) is 0 Å². The molecule has 1 aliphatic rings. The van der Waals surface area contributed by atoms with Crippen LogP contribution < -0.4 is 0 Å². The van der Waals surface area contributed by atoms with Crippen LogP contribution in [0, 0.1) is 0 Å². The monoisotopic (exact) mass is 302 g/mol. The minimum absolute atomic E-state index is 0.0224. The SMILES string of the molecule is C[C@@H]1CC[C@@H](S)CN1C(=O)c1ccccc1-n1nccn1. The van der Waals surface area contributed by atoms with Crippen molar-refractivity contribution in [3.8, 4) is 5.69 Å². The van der Waals surface area contributed by atoms with E-state index in [4.69, 9.17) is 0 Å². The largest absolute Gasteiger partial charge is 0.335 e. The Morgan fingerprint density at radius 3 is 2.71 bits per heavy atom. The van der Waals surface area contributed by atoms with Crippen molar-refractivity contribution in [2.24, 2.45) is 0 Å². The highest BCUT2D eigenvalue weighted by atomic mass is 32.1. The van der Waals surface area contributed by atoms with Gasteiger partial charge in [0, 0.05) is 17.8 Å². The smallest absolute Gasteiger partial charge is 0.256 e. The molecule has 21 heavy (non-hydrogen) atoms.